The zero-order valence-electron chi connectivity index (χ0n) is 13.8. The summed E-state index contributed by atoms with van der Waals surface area (Å²) in [4.78, 5) is 2.46. The van der Waals surface area contributed by atoms with Crippen LogP contribution in [0.3, 0.4) is 0 Å². The van der Waals surface area contributed by atoms with Crippen molar-refractivity contribution in [1.82, 2.24) is 10.1 Å². The highest BCUT2D eigenvalue weighted by molar-refractivity contribution is 5.04. The Morgan fingerprint density at radius 3 is 2.91 bits per heavy atom. The highest BCUT2D eigenvalue weighted by Gasteiger charge is 2.45. The van der Waals surface area contributed by atoms with E-state index in [1.807, 2.05) is 13.0 Å². The summed E-state index contributed by atoms with van der Waals surface area (Å²) in [6.45, 7) is 9.64. The number of ether oxygens (including phenoxy) is 2. The molecular weight excluding hydrogens is 280 g/mol. The third kappa shape index (κ3) is 3.53. The van der Waals surface area contributed by atoms with E-state index in [0.29, 0.717) is 5.92 Å². The van der Waals surface area contributed by atoms with Crippen LogP contribution in [0.5, 0.6) is 0 Å². The van der Waals surface area contributed by atoms with Gasteiger partial charge in [-0.15, -0.1) is 0 Å². The maximum Gasteiger partial charge on any atom is 0.133 e. The van der Waals surface area contributed by atoms with Crippen LogP contribution in [0.25, 0.3) is 0 Å². The second-order valence-electron chi connectivity index (χ2n) is 6.59. The van der Waals surface area contributed by atoms with Gasteiger partial charge in [-0.05, 0) is 45.4 Å². The molecule has 3 rings (SSSR count). The Hall–Kier alpha value is -0.910. The van der Waals surface area contributed by atoms with Gasteiger partial charge in [-0.1, -0.05) is 5.16 Å². The highest BCUT2D eigenvalue weighted by Crippen LogP contribution is 2.42. The van der Waals surface area contributed by atoms with Crippen molar-refractivity contribution in [1.29, 1.82) is 0 Å². The van der Waals surface area contributed by atoms with E-state index >= 15 is 0 Å². The van der Waals surface area contributed by atoms with Crippen LogP contribution in [0, 0.1) is 12.8 Å². The van der Waals surface area contributed by atoms with Gasteiger partial charge in [0.05, 0.1) is 11.3 Å². The number of likely N-dealkylation sites (tertiary alicyclic amines) is 1. The standard InChI is InChI=1S/C17H28N2O3/c1-3-20-10-4-15-5-11-21-17(15)6-8-19(9-7-17)13-16-12-14(2)22-18-16/h12,15H,3-11,13H2,1-2H3/t15-/m0/s1. The number of aryl methyl sites for hydroxylation is 1. The van der Waals surface area contributed by atoms with Gasteiger partial charge >= 0.3 is 0 Å². The molecule has 1 atom stereocenters. The van der Waals surface area contributed by atoms with Crippen LogP contribution >= 0.6 is 0 Å². The largest absolute Gasteiger partial charge is 0.382 e. The third-order valence-electron chi connectivity index (χ3n) is 5.18. The van der Waals surface area contributed by atoms with Gasteiger partial charge in [0.25, 0.3) is 0 Å². The van der Waals surface area contributed by atoms with Crippen molar-refractivity contribution in [2.24, 2.45) is 5.92 Å². The second kappa shape index (κ2) is 7.11. The lowest BCUT2D eigenvalue weighted by molar-refractivity contribution is -0.0730. The zero-order valence-corrected chi connectivity index (χ0v) is 13.8. The molecule has 1 spiro atoms. The van der Waals surface area contributed by atoms with Crippen molar-refractivity contribution in [3.05, 3.63) is 17.5 Å². The lowest BCUT2D eigenvalue weighted by Crippen LogP contribution is -2.47. The van der Waals surface area contributed by atoms with Crippen LogP contribution < -0.4 is 0 Å². The molecule has 0 amide bonds. The van der Waals surface area contributed by atoms with Crippen molar-refractivity contribution in [2.45, 2.75) is 51.7 Å². The minimum Gasteiger partial charge on any atom is -0.382 e. The summed E-state index contributed by atoms with van der Waals surface area (Å²) in [6, 6.07) is 2.03. The molecule has 2 aliphatic heterocycles. The molecule has 0 unspecified atom stereocenters. The zero-order chi connectivity index (χ0) is 15.4. The average Bonchev–Trinajstić information content (AvgIpc) is 3.09. The molecule has 0 radical (unpaired) electrons. The van der Waals surface area contributed by atoms with Gasteiger partial charge in [0, 0.05) is 45.5 Å². The second-order valence-corrected chi connectivity index (χ2v) is 6.59. The number of rotatable bonds is 6. The average molecular weight is 308 g/mol. The molecule has 2 aliphatic rings. The molecule has 1 aromatic heterocycles. The third-order valence-corrected chi connectivity index (χ3v) is 5.18. The fourth-order valence-corrected chi connectivity index (χ4v) is 3.93. The first-order valence-corrected chi connectivity index (χ1v) is 8.58. The molecule has 1 aromatic rings. The van der Waals surface area contributed by atoms with Crippen molar-refractivity contribution in [2.75, 3.05) is 32.9 Å². The van der Waals surface area contributed by atoms with E-state index in [2.05, 4.69) is 17.0 Å². The van der Waals surface area contributed by atoms with Gasteiger partial charge in [0.2, 0.25) is 0 Å². The first-order chi connectivity index (χ1) is 10.7. The summed E-state index contributed by atoms with van der Waals surface area (Å²) in [5, 5.41) is 4.10. The monoisotopic (exact) mass is 308 g/mol. The van der Waals surface area contributed by atoms with Gasteiger partial charge in [0.15, 0.2) is 0 Å². The Kier molecular flexibility index (Phi) is 5.16. The lowest BCUT2D eigenvalue weighted by atomic mass is 9.78. The molecule has 2 fully saturated rings. The fraction of sp³-hybridized carbons (Fsp3) is 0.824. The van der Waals surface area contributed by atoms with Crippen LogP contribution in [0.1, 0.15) is 44.1 Å². The van der Waals surface area contributed by atoms with E-state index in [9.17, 15) is 0 Å². The first kappa shape index (κ1) is 16.0. The Bertz CT molecular complexity index is 466. The lowest BCUT2D eigenvalue weighted by Gasteiger charge is -2.42. The molecule has 3 heterocycles. The maximum absolute atomic E-state index is 6.21. The summed E-state index contributed by atoms with van der Waals surface area (Å²) in [5.41, 5.74) is 1.14. The van der Waals surface area contributed by atoms with Crippen LogP contribution in [0.2, 0.25) is 0 Å². The molecule has 5 heteroatoms. The van der Waals surface area contributed by atoms with Gasteiger partial charge in [-0.3, -0.25) is 4.90 Å². The Balaban J connectivity index is 1.51. The van der Waals surface area contributed by atoms with Gasteiger partial charge in [-0.25, -0.2) is 0 Å². The Morgan fingerprint density at radius 1 is 1.41 bits per heavy atom. The molecule has 0 N–H and O–H groups in total. The minimum atomic E-state index is 0.105. The number of aromatic nitrogens is 1. The van der Waals surface area contributed by atoms with E-state index < -0.39 is 0 Å². The Morgan fingerprint density at radius 2 is 2.23 bits per heavy atom. The quantitative estimate of drug-likeness (QED) is 0.756. The minimum absolute atomic E-state index is 0.105. The number of hydrogen-bond donors (Lipinski definition) is 0. The predicted octanol–water partition coefficient (Wildman–Crippen LogP) is 2.78. The highest BCUT2D eigenvalue weighted by atomic mass is 16.5. The summed E-state index contributed by atoms with van der Waals surface area (Å²) >= 11 is 0. The van der Waals surface area contributed by atoms with E-state index in [0.717, 1.165) is 70.2 Å². The van der Waals surface area contributed by atoms with Crippen LogP contribution in [-0.2, 0) is 16.0 Å². The smallest absolute Gasteiger partial charge is 0.133 e. The van der Waals surface area contributed by atoms with Gasteiger partial charge in [-0.2, -0.15) is 0 Å². The first-order valence-electron chi connectivity index (χ1n) is 8.58. The summed E-state index contributed by atoms with van der Waals surface area (Å²) in [5.74, 6) is 1.55. The predicted molar refractivity (Wildman–Crippen MR) is 83.7 cm³/mol. The molecular formula is C17H28N2O3. The summed E-state index contributed by atoms with van der Waals surface area (Å²) in [7, 11) is 0. The van der Waals surface area contributed by atoms with Crippen molar-refractivity contribution in [3.8, 4) is 0 Å². The molecule has 22 heavy (non-hydrogen) atoms. The van der Waals surface area contributed by atoms with Gasteiger partial charge in [0.1, 0.15) is 5.76 Å². The molecule has 0 aromatic carbocycles. The van der Waals surface area contributed by atoms with E-state index in [1.54, 1.807) is 0 Å². The molecule has 2 saturated heterocycles. The summed E-state index contributed by atoms with van der Waals surface area (Å²) in [6.07, 6.45) is 4.58. The molecule has 0 bridgehead atoms. The molecule has 0 saturated carbocycles. The van der Waals surface area contributed by atoms with E-state index in [4.69, 9.17) is 14.0 Å². The molecule has 0 aliphatic carbocycles. The topological polar surface area (TPSA) is 47.7 Å². The van der Waals surface area contributed by atoms with Crippen LogP contribution in [0.4, 0.5) is 0 Å². The Labute approximate surface area is 132 Å². The van der Waals surface area contributed by atoms with Gasteiger partial charge < -0.3 is 14.0 Å². The van der Waals surface area contributed by atoms with E-state index in [-0.39, 0.29) is 5.60 Å². The maximum atomic E-state index is 6.21. The van der Waals surface area contributed by atoms with Crippen molar-refractivity contribution >= 4 is 0 Å². The van der Waals surface area contributed by atoms with Crippen molar-refractivity contribution in [3.63, 3.8) is 0 Å². The number of piperidine rings is 1. The SMILES string of the molecule is CCOCC[C@H]1CCOC12CCN(Cc1cc(C)on1)CC2. The fourth-order valence-electron chi connectivity index (χ4n) is 3.93. The van der Waals surface area contributed by atoms with Crippen molar-refractivity contribution < 1.29 is 14.0 Å². The van der Waals surface area contributed by atoms with Crippen LogP contribution in [0.15, 0.2) is 10.6 Å². The summed E-state index contributed by atoms with van der Waals surface area (Å²) < 4.78 is 16.9. The molecule has 124 valence electrons. The molecule has 5 nitrogen and oxygen atoms in total. The normalized spacial score (nSPS) is 25.1. The van der Waals surface area contributed by atoms with E-state index in [1.165, 1.54) is 6.42 Å². The number of hydrogen-bond acceptors (Lipinski definition) is 5. The van der Waals surface area contributed by atoms with Crippen LogP contribution in [-0.4, -0.2) is 48.6 Å². The number of nitrogens with zero attached hydrogens (tertiary/aromatic N) is 2.